The molecule has 84 valence electrons. The molecular formula is C11H18N2O2. The maximum Gasteiger partial charge on any atom is 0.169 e. The summed E-state index contributed by atoms with van der Waals surface area (Å²) in [6.07, 6.45) is 1.73. The van der Waals surface area contributed by atoms with Gasteiger partial charge in [0.25, 0.3) is 0 Å². The maximum atomic E-state index is 5.20. The highest BCUT2D eigenvalue weighted by Gasteiger charge is 2.19. The highest BCUT2D eigenvalue weighted by atomic mass is 16.5. The lowest BCUT2D eigenvalue weighted by Gasteiger charge is -2.26. The second kappa shape index (κ2) is 4.98. The van der Waals surface area contributed by atoms with Crippen molar-refractivity contribution in [3.8, 4) is 5.75 Å². The number of nitrogens with zero attached hydrogens (tertiary/aromatic N) is 1. The summed E-state index contributed by atoms with van der Waals surface area (Å²) in [6, 6.07) is 3.71. The molecule has 0 amide bonds. The van der Waals surface area contributed by atoms with Gasteiger partial charge in [0.1, 0.15) is 0 Å². The highest BCUT2D eigenvalue weighted by molar-refractivity contribution is 5.50. The highest BCUT2D eigenvalue weighted by Crippen LogP contribution is 2.23. The van der Waals surface area contributed by atoms with Gasteiger partial charge in [0.05, 0.1) is 19.3 Å². The Hall–Kier alpha value is -1.29. The van der Waals surface area contributed by atoms with Gasteiger partial charge in [0.15, 0.2) is 11.6 Å². The summed E-state index contributed by atoms with van der Waals surface area (Å²) >= 11 is 0. The first-order chi connectivity index (χ1) is 7.09. The van der Waals surface area contributed by atoms with Crippen molar-refractivity contribution in [2.24, 2.45) is 0 Å². The number of pyridine rings is 1. The van der Waals surface area contributed by atoms with E-state index in [1.807, 2.05) is 26.0 Å². The lowest BCUT2D eigenvalue weighted by Crippen LogP contribution is -2.36. The van der Waals surface area contributed by atoms with Crippen LogP contribution in [0.2, 0.25) is 0 Å². The second-order valence-electron chi connectivity index (χ2n) is 4.00. The molecule has 4 nitrogen and oxygen atoms in total. The predicted octanol–water partition coefficient (Wildman–Crippen LogP) is 1.93. The van der Waals surface area contributed by atoms with Gasteiger partial charge in [0, 0.05) is 13.3 Å². The Balaban J connectivity index is 2.79. The van der Waals surface area contributed by atoms with Crippen molar-refractivity contribution in [2.75, 3.05) is 26.1 Å². The molecule has 0 aliphatic heterocycles. The molecule has 0 atom stereocenters. The lowest BCUT2D eigenvalue weighted by molar-refractivity contribution is 0.158. The van der Waals surface area contributed by atoms with Crippen LogP contribution < -0.4 is 10.1 Å². The zero-order valence-electron chi connectivity index (χ0n) is 9.70. The zero-order chi connectivity index (χ0) is 11.3. The summed E-state index contributed by atoms with van der Waals surface area (Å²) in [5.74, 6) is 1.48. The van der Waals surface area contributed by atoms with E-state index in [9.17, 15) is 0 Å². The number of anilines is 1. The van der Waals surface area contributed by atoms with Gasteiger partial charge in [-0.2, -0.15) is 0 Å². The van der Waals surface area contributed by atoms with Crippen molar-refractivity contribution < 1.29 is 9.47 Å². The average Bonchev–Trinajstić information content (AvgIpc) is 2.17. The summed E-state index contributed by atoms with van der Waals surface area (Å²) in [4.78, 5) is 4.23. The molecular weight excluding hydrogens is 192 g/mol. The van der Waals surface area contributed by atoms with Gasteiger partial charge in [-0.25, -0.2) is 4.98 Å². The van der Waals surface area contributed by atoms with Crippen LogP contribution in [0.1, 0.15) is 13.8 Å². The molecule has 0 bridgehead atoms. The monoisotopic (exact) mass is 210 g/mol. The second-order valence-corrected chi connectivity index (χ2v) is 4.00. The van der Waals surface area contributed by atoms with Crippen molar-refractivity contribution in [1.82, 2.24) is 4.98 Å². The Bertz CT molecular complexity index is 313. The predicted molar refractivity (Wildman–Crippen MR) is 60.4 cm³/mol. The standard InChI is InChI=1S/C11H18N2O2/c1-11(2,8-14-3)13-10-9(15-4)6-5-7-12-10/h5-7H,8H2,1-4H3,(H,12,13). The van der Waals surface area contributed by atoms with E-state index in [-0.39, 0.29) is 5.54 Å². The van der Waals surface area contributed by atoms with Crippen LogP contribution in [0.3, 0.4) is 0 Å². The maximum absolute atomic E-state index is 5.20. The third-order valence-electron chi connectivity index (χ3n) is 1.95. The first kappa shape index (κ1) is 11.8. The van der Waals surface area contributed by atoms with Gasteiger partial charge in [-0.05, 0) is 26.0 Å². The molecule has 0 spiro atoms. The summed E-state index contributed by atoms with van der Waals surface area (Å²) in [5.41, 5.74) is -0.170. The van der Waals surface area contributed by atoms with E-state index in [1.54, 1.807) is 20.4 Å². The van der Waals surface area contributed by atoms with Gasteiger partial charge in [-0.3, -0.25) is 0 Å². The van der Waals surface area contributed by atoms with Crippen LogP contribution in [0.15, 0.2) is 18.3 Å². The molecule has 1 heterocycles. The number of methoxy groups -OCH3 is 2. The number of aromatic nitrogens is 1. The third kappa shape index (κ3) is 3.40. The van der Waals surface area contributed by atoms with E-state index >= 15 is 0 Å². The lowest BCUT2D eigenvalue weighted by atomic mass is 10.1. The zero-order valence-corrected chi connectivity index (χ0v) is 9.70. The average molecular weight is 210 g/mol. The molecule has 0 aliphatic carbocycles. The van der Waals surface area contributed by atoms with Gasteiger partial charge >= 0.3 is 0 Å². The quantitative estimate of drug-likeness (QED) is 0.806. The number of rotatable bonds is 5. The molecule has 1 rings (SSSR count). The van der Waals surface area contributed by atoms with Gasteiger partial charge in [-0.15, -0.1) is 0 Å². The SMILES string of the molecule is COCC(C)(C)Nc1ncccc1OC. The number of hydrogen-bond acceptors (Lipinski definition) is 4. The van der Waals surface area contributed by atoms with Crippen LogP contribution in [-0.2, 0) is 4.74 Å². The molecule has 15 heavy (non-hydrogen) atoms. The number of hydrogen-bond donors (Lipinski definition) is 1. The normalized spacial score (nSPS) is 11.2. The fourth-order valence-corrected chi connectivity index (χ4v) is 1.37. The minimum Gasteiger partial charge on any atom is -0.493 e. The molecule has 0 saturated heterocycles. The van der Waals surface area contributed by atoms with E-state index < -0.39 is 0 Å². The first-order valence-corrected chi connectivity index (χ1v) is 4.85. The molecule has 0 unspecified atom stereocenters. The summed E-state index contributed by atoms with van der Waals surface area (Å²) in [6.45, 7) is 4.70. The number of nitrogens with one attached hydrogen (secondary N) is 1. The summed E-state index contributed by atoms with van der Waals surface area (Å²) < 4.78 is 10.3. The Morgan fingerprint density at radius 1 is 1.40 bits per heavy atom. The van der Waals surface area contributed by atoms with Gasteiger partial charge < -0.3 is 14.8 Å². The van der Waals surface area contributed by atoms with Crippen LogP contribution in [0.4, 0.5) is 5.82 Å². The Labute approximate surface area is 90.6 Å². The summed E-state index contributed by atoms with van der Waals surface area (Å²) in [7, 11) is 3.31. The van der Waals surface area contributed by atoms with E-state index in [4.69, 9.17) is 9.47 Å². The largest absolute Gasteiger partial charge is 0.493 e. The van der Waals surface area contributed by atoms with Gasteiger partial charge in [-0.1, -0.05) is 0 Å². The van der Waals surface area contributed by atoms with E-state index in [1.165, 1.54) is 0 Å². The molecule has 4 heteroatoms. The van der Waals surface area contributed by atoms with Gasteiger partial charge in [0.2, 0.25) is 0 Å². The van der Waals surface area contributed by atoms with Crippen LogP contribution in [-0.4, -0.2) is 31.3 Å². The molecule has 0 aromatic carbocycles. The molecule has 0 radical (unpaired) electrons. The molecule has 1 aromatic heterocycles. The Kier molecular flexibility index (Phi) is 3.91. The topological polar surface area (TPSA) is 43.4 Å². The summed E-state index contributed by atoms with van der Waals surface area (Å²) in [5, 5.41) is 3.28. The molecule has 1 N–H and O–H groups in total. The minimum absolute atomic E-state index is 0.170. The van der Waals surface area contributed by atoms with Crippen LogP contribution in [0.5, 0.6) is 5.75 Å². The molecule has 1 aromatic rings. The van der Waals surface area contributed by atoms with E-state index in [0.717, 1.165) is 11.6 Å². The van der Waals surface area contributed by atoms with Crippen molar-refractivity contribution in [2.45, 2.75) is 19.4 Å². The van der Waals surface area contributed by atoms with Crippen molar-refractivity contribution in [1.29, 1.82) is 0 Å². The Morgan fingerprint density at radius 2 is 2.13 bits per heavy atom. The first-order valence-electron chi connectivity index (χ1n) is 4.85. The Morgan fingerprint density at radius 3 is 2.73 bits per heavy atom. The molecule has 0 fully saturated rings. The van der Waals surface area contributed by atoms with E-state index in [0.29, 0.717) is 6.61 Å². The van der Waals surface area contributed by atoms with Crippen molar-refractivity contribution >= 4 is 5.82 Å². The fourth-order valence-electron chi connectivity index (χ4n) is 1.37. The van der Waals surface area contributed by atoms with Crippen molar-refractivity contribution in [3.63, 3.8) is 0 Å². The molecule has 0 aliphatic rings. The van der Waals surface area contributed by atoms with Crippen LogP contribution in [0.25, 0.3) is 0 Å². The van der Waals surface area contributed by atoms with Crippen molar-refractivity contribution in [3.05, 3.63) is 18.3 Å². The van der Waals surface area contributed by atoms with Crippen LogP contribution in [0, 0.1) is 0 Å². The fraction of sp³-hybridized carbons (Fsp3) is 0.545. The molecule has 0 saturated carbocycles. The smallest absolute Gasteiger partial charge is 0.169 e. The third-order valence-corrected chi connectivity index (χ3v) is 1.95. The number of ether oxygens (including phenoxy) is 2. The van der Waals surface area contributed by atoms with Crippen LogP contribution >= 0.6 is 0 Å². The van der Waals surface area contributed by atoms with E-state index in [2.05, 4.69) is 10.3 Å². The minimum atomic E-state index is -0.170.